The second kappa shape index (κ2) is 8.08. The van der Waals surface area contributed by atoms with Gasteiger partial charge < -0.3 is 4.57 Å². The summed E-state index contributed by atoms with van der Waals surface area (Å²) in [5.41, 5.74) is -0.164. The number of hydrogen-bond acceptors (Lipinski definition) is 1. The number of alkyl halides is 2. The molecule has 2 rings (SSSR count). The Morgan fingerprint density at radius 3 is 2.62 bits per heavy atom. The van der Waals surface area contributed by atoms with Crippen LogP contribution in [0.4, 0.5) is 13.2 Å². The van der Waals surface area contributed by atoms with Crippen LogP contribution in [-0.2, 0) is 39.3 Å². The van der Waals surface area contributed by atoms with Crippen LogP contribution in [-0.4, -0.2) is 11.0 Å². The standard InChI is InChI=1S/C13H7ClF3INO.Y/c14-9-5-7(15)1-2-8(9)11-4-3-10(18)13(20)19(11)6-12(16)17;/h1-3,5,12H,6H2;/q-1;. The van der Waals surface area contributed by atoms with E-state index in [-0.39, 0.29) is 52.6 Å². The molecule has 1 aromatic heterocycles. The summed E-state index contributed by atoms with van der Waals surface area (Å²) in [5, 5.41) is 0.0323. The second-order valence-electron chi connectivity index (χ2n) is 3.92. The van der Waals surface area contributed by atoms with Crippen molar-refractivity contribution in [1.82, 2.24) is 4.57 Å². The summed E-state index contributed by atoms with van der Waals surface area (Å²) in [6.45, 7) is -0.769. The fourth-order valence-corrected chi connectivity index (χ4v) is 2.42. The first-order valence-electron chi connectivity index (χ1n) is 5.44. The maximum absolute atomic E-state index is 13.0. The Morgan fingerprint density at radius 2 is 2.05 bits per heavy atom. The van der Waals surface area contributed by atoms with Gasteiger partial charge in [-0.2, -0.15) is 12.1 Å². The molecule has 0 saturated heterocycles. The Labute approximate surface area is 162 Å². The third-order valence-corrected chi connectivity index (χ3v) is 3.65. The van der Waals surface area contributed by atoms with Gasteiger partial charge in [0.1, 0.15) is 5.82 Å². The molecule has 0 N–H and O–H groups in total. The van der Waals surface area contributed by atoms with Crippen molar-refractivity contribution >= 4 is 34.2 Å². The Kier molecular flexibility index (Phi) is 7.36. The summed E-state index contributed by atoms with van der Waals surface area (Å²) in [7, 11) is 0. The third kappa shape index (κ3) is 4.53. The zero-order chi connectivity index (χ0) is 14.9. The molecule has 109 valence electrons. The van der Waals surface area contributed by atoms with Crippen molar-refractivity contribution in [1.29, 1.82) is 0 Å². The van der Waals surface area contributed by atoms with E-state index < -0.39 is 24.3 Å². The molecule has 21 heavy (non-hydrogen) atoms. The van der Waals surface area contributed by atoms with Gasteiger partial charge in [-0.3, -0.25) is 4.79 Å². The van der Waals surface area contributed by atoms with Crippen LogP contribution in [0, 0.1) is 15.5 Å². The van der Waals surface area contributed by atoms with E-state index >= 15 is 0 Å². The van der Waals surface area contributed by atoms with Gasteiger partial charge in [-0.25, -0.2) is 13.2 Å². The summed E-state index contributed by atoms with van der Waals surface area (Å²) < 4.78 is 39.4. The van der Waals surface area contributed by atoms with Crippen LogP contribution >= 0.6 is 34.2 Å². The summed E-state index contributed by atoms with van der Waals surface area (Å²) >= 11 is 7.64. The van der Waals surface area contributed by atoms with Crippen molar-refractivity contribution < 1.29 is 45.9 Å². The molecule has 0 aliphatic carbocycles. The molecule has 0 bridgehead atoms. The molecule has 0 spiro atoms. The molecule has 1 aromatic carbocycles. The first-order chi connectivity index (χ1) is 9.40. The zero-order valence-corrected chi connectivity index (χ0v) is 16.2. The maximum Gasteiger partial charge on any atom is 0.256 e. The zero-order valence-electron chi connectivity index (χ0n) is 10.4. The van der Waals surface area contributed by atoms with Crippen LogP contribution < -0.4 is 5.56 Å². The fourth-order valence-electron chi connectivity index (χ4n) is 1.72. The molecule has 1 radical (unpaired) electrons. The number of pyridine rings is 1. The second-order valence-corrected chi connectivity index (χ2v) is 5.49. The molecule has 2 nitrogen and oxygen atoms in total. The Morgan fingerprint density at radius 1 is 1.38 bits per heavy atom. The maximum atomic E-state index is 13.0. The van der Waals surface area contributed by atoms with Gasteiger partial charge in [0.2, 0.25) is 5.56 Å². The van der Waals surface area contributed by atoms with Gasteiger partial charge in [-0.15, -0.1) is 28.7 Å². The van der Waals surface area contributed by atoms with Gasteiger partial charge in [-0.1, -0.05) is 22.9 Å². The SMILES string of the molecule is O=c1c(I)c[c-]c(-c2ccc(F)cc2Cl)n1CC(F)F.[Y]. The smallest absolute Gasteiger partial charge is 0.256 e. The summed E-state index contributed by atoms with van der Waals surface area (Å²) in [5.74, 6) is -0.549. The average Bonchev–Trinajstić information content (AvgIpc) is 2.36. The first-order valence-corrected chi connectivity index (χ1v) is 6.90. The number of hydrogen-bond donors (Lipinski definition) is 0. The van der Waals surface area contributed by atoms with Crippen LogP contribution in [0.1, 0.15) is 0 Å². The van der Waals surface area contributed by atoms with Crippen LogP contribution in [0.15, 0.2) is 29.1 Å². The predicted molar refractivity (Wildman–Crippen MR) is 78.7 cm³/mol. The summed E-state index contributed by atoms with van der Waals surface area (Å²) in [4.78, 5) is 12.0. The van der Waals surface area contributed by atoms with Crippen molar-refractivity contribution in [3.8, 4) is 11.3 Å². The topological polar surface area (TPSA) is 22.0 Å². The molecule has 2 aromatic rings. The molecular formula is C13H7ClF3INOY-. The van der Waals surface area contributed by atoms with E-state index in [0.29, 0.717) is 0 Å². The molecule has 0 fully saturated rings. The quantitative estimate of drug-likeness (QED) is 0.461. The van der Waals surface area contributed by atoms with Crippen molar-refractivity contribution in [3.63, 3.8) is 0 Å². The number of aromatic nitrogens is 1. The Bertz CT molecular complexity index is 708. The number of benzene rings is 1. The van der Waals surface area contributed by atoms with E-state index in [1.165, 1.54) is 12.1 Å². The monoisotopic (exact) mass is 501 g/mol. The van der Waals surface area contributed by atoms with E-state index in [4.69, 9.17) is 11.6 Å². The van der Waals surface area contributed by atoms with E-state index in [1.54, 1.807) is 22.6 Å². The average molecular weight is 501 g/mol. The van der Waals surface area contributed by atoms with Gasteiger partial charge in [0.05, 0.1) is 6.54 Å². The van der Waals surface area contributed by atoms with Gasteiger partial charge in [0.25, 0.3) is 6.43 Å². The minimum Gasteiger partial charge on any atom is -0.336 e. The largest absolute Gasteiger partial charge is 0.336 e. The first kappa shape index (κ1) is 19.1. The molecule has 8 heteroatoms. The molecule has 0 amide bonds. The molecule has 0 atom stereocenters. The molecule has 0 unspecified atom stereocenters. The molecule has 0 aliphatic rings. The third-order valence-electron chi connectivity index (χ3n) is 2.56. The van der Waals surface area contributed by atoms with E-state index in [0.717, 1.165) is 16.7 Å². The normalized spacial score (nSPS) is 10.6. The minimum atomic E-state index is -2.70. The number of rotatable bonds is 3. The fraction of sp³-hybridized carbons (Fsp3) is 0.154. The van der Waals surface area contributed by atoms with Crippen LogP contribution in [0.2, 0.25) is 5.02 Å². The van der Waals surface area contributed by atoms with Crippen LogP contribution in [0.3, 0.4) is 0 Å². The number of halogens is 5. The molecule has 1 heterocycles. The van der Waals surface area contributed by atoms with Crippen molar-refractivity contribution in [3.05, 3.63) is 55.1 Å². The van der Waals surface area contributed by atoms with Gasteiger partial charge in [0, 0.05) is 32.7 Å². The summed E-state index contributed by atoms with van der Waals surface area (Å²) in [6.07, 6.45) is -2.70. The Balaban J connectivity index is 0.00000220. The molecular weight excluding hydrogens is 494 g/mol. The number of nitrogens with zero attached hydrogens (tertiary/aromatic N) is 1. The van der Waals surface area contributed by atoms with E-state index in [9.17, 15) is 18.0 Å². The van der Waals surface area contributed by atoms with Crippen LogP contribution in [0.25, 0.3) is 11.3 Å². The molecule has 0 aliphatic heterocycles. The Hall–Kier alpha value is 0.0839. The van der Waals surface area contributed by atoms with Gasteiger partial charge in [0.15, 0.2) is 0 Å². The van der Waals surface area contributed by atoms with E-state index in [2.05, 4.69) is 6.07 Å². The van der Waals surface area contributed by atoms with Crippen molar-refractivity contribution in [2.24, 2.45) is 0 Å². The predicted octanol–water partition coefficient (Wildman–Crippen LogP) is 3.98. The van der Waals surface area contributed by atoms with Crippen LogP contribution in [0.5, 0.6) is 0 Å². The van der Waals surface area contributed by atoms with Gasteiger partial charge >= 0.3 is 0 Å². The van der Waals surface area contributed by atoms with Crippen molar-refractivity contribution in [2.45, 2.75) is 13.0 Å². The minimum absolute atomic E-state index is 0. The van der Waals surface area contributed by atoms with Gasteiger partial charge in [-0.05, 0) is 20.7 Å². The molecule has 0 saturated carbocycles. The summed E-state index contributed by atoms with van der Waals surface area (Å²) in [6, 6.07) is 7.66. The van der Waals surface area contributed by atoms with E-state index in [1.807, 2.05) is 0 Å². The van der Waals surface area contributed by atoms with Crippen molar-refractivity contribution in [2.75, 3.05) is 0 Å².